The molecule has 0 spiro atoms. The van der Waals surface area contributed by atoms with Crippen molar-refractivity contribution in [2.45, 2.75) is 38.3 Å². The van der Waals surface area contributed by atoms with E-state index in [1.165, 1.54) is 16.0 Å². The van der Waals surface area contributed by atoms with Gasteiger partial charge in [0.05, 0.1) is 18.2 Å². The predicted octanol–water partition coefficient (Wildman–Crippen LogP) is 3.01. The highest BCUT2D eigenvalue weighted by atomic mass is 16.2. The van der Waals surface area contributed by atoms with Crippen LogP contribution in [0.1, 0.15) is 41.2 Å². The first-order valence-corrected chi connectivity index (χ1v) is 8.77. The van der Waals surface area contributed by atoms with E-state index in [0.29, 0.717) is 5.56 Å². The summed E-state index contributed by atoms with van der Waals surface area (Å²) in [5.74, 6) is -0.246. The summed E-state index contributed by atoms with van der Waals surface area (Å²) in [6, 6.07) is 14.7. The molecular weight excluding hydrogens is 326 g/mol. The Morgan fingerprint density at radius 3 is 2.58 bits per heavy atom. The fourth-order valence-corrected chi connectivity index (χ4v) is 3.79. The molecule has 130 valence electrons. The summed E-state index contributed by atoms with van der Waals surface area (Å²) in [6.07, 6.45) is 3.24. The van der Waals surface area contributed by atoms with Gasteiger partial charge in [0.15, 0.2) is 0 Å². The van der Waals surface area contributed by atoms with Crippen LogP contribution in [0.15, 0.2) is 42.5 Å². The largest absolute Gasteiger partial charge is 0.325 e. The first kappa shape index (κ1) is 16.3. The van der Waals surface area contributed by atoms with Crippen molar-refractivity contribution in [2.75, 3.05) is 0 Å². The van der Waals surface area contributed by atoms with E-state index < -0.39 is 5.54 Å². The number of amides is 3. The molecule has 2 aromatic carbocycles. The summed E-state index contributed by atoms with van der Waals surface area (Å²) in [7, 11) is 0. The summed E-state index contributed by atoms with van der Waals surface area (Å²) in [4.78, 5) is 26.8. The Labute approximate surface area is 152 Å². The zero-order chi connectivity index (χ0) is 18.3. The van der Waals surface area contributed by atoms with Gasteiger partial charge in [0.2, 0.25) is 0 Å². The van der Waals surface area contributed by atoms with E-state index in [1.54, 1.807) is 31.2 Å². The van der Waals surface area contributed by atoms with E-state index in [1.807, 2.05) is 6.07 Å². The number of nitrogens with one attached hydrogen (secondary N) is 1. The molecule has 2 aromatic rings. The molecule has 0 saturated carbocycles. The van der Waals surface area contributed by atoms with Crippen LogP contribution in [0, 0.1) is 11.3 Å². The highest BCUT2D eigenvalue weighted by Crippen LogP contribution is 2.33. The molecular formula is C21H19N3O2. The first-order chi connectivity index (χ1) is 12.5. The molecule has 0 aromatic heterocycles. The van der Waals surface area contributed by atoms with Crippen LogP contribution in [-0.2, 0) is 29.7 Å². The zero-order valence-electron chi connectivity index (χ0n) is 14.6. The van der Waals surface area contributed by atoms with E-state index in [9.17, 15) is 9.59 Å². The summed E-state index contributed by atoms with van der Waals surface area (Å²) < 4.78 is 0. The third-order valence-corrected chi connectivity index (χ3v) is 5.37. The maximum absolute atomic E-state index is 13.1. The lowest BCUT2D eigenvalue weighted by Gasteiger charge is -2.23. The van der Waals surface area contributed by atoms with Crippen LogP contribution >= 0.6 is 0 Å². The van der Waals surface area contributed by atoms with Crippen LogP contribution in [-0.4, -0.2) is 16.8 Å². The van der Waals surface area contributed by atoms with Crippen molar-refractivity contribution in [3.05, 3.63) is 70.3 Å². The van der Waals surface area contributed by atoms with Gasteiger partial charge >= 0.3 is 6.03 Å². The van der Waals surface area contributed by atoms with Crippen LogP contribution in [0.25, 0.3) is 0 Å². The molecule has 26 heavy (non-hydrogen) atoms. The third-order valence-electron chi connectivity index (χ3n) is 5.37. The van der Waals surface area contributed by atoms with Crippen molar-refractivity contribution in [1.29, 1.82) is 5.26 Å². The second kappa shape index (κ2) is 5.99. The van der Waals surface area contributed by atoms with Gasteiger partial charge in [-0.05, 0) is 60.6 Å². The first-order valence-electron chi connectivity index (χ1n) is 8.77. The van der Waals surface area contributed by atoms with Crippen LogP contribution in [0.2, 0.25) is 0 Å². The number of carbonyl (C=O) groups is 2. The SMILES string of the molecule is CC1(c2ccc3c(c2)CCC3)NC(=O)N(Cc2ccc(C#N)cc2)C1=O. The molecule has 1 N–H and O–H groups in total. The van der Waals surface area contributed by atoms with Gasteiger partial charge in [-0.25, -0.2) is 4.79 Å². The van der Waals surface area contributed by atoms with Crippen LogP contribution in [0.3, 0.4) is 0 Å². The molecule has 1 aliphatic carbocycles. The smallest absolute Gasteiger partial charge is 0.319 e. The van der Waals surface area contributed by atoms with E-state index >= 15 is 0 Å². The van der Waals surface area contributed by atoms with Crippen LogP contribution in [0.4, 0.5) is 4.79 Å². The standard InChI is InChI=1S/C21H19N3O2/c1-21(18-10-9-16-3-2-4-17(16)11-18)19(25)24(20(26)23-21)13-15-7-5-14(12-22)6-8-15/h5-11H,2-4,13H2,1H3,(H,23,26). The average molecular weight is 345 g/mol. The minimum Gasteiger partial charge on any atom is -0.319 e. The normalized spacial score (nSPS) is 21.5. The van der Waals surface area contributed by atoms with Crippen molar-refractivity contribution in [3.8, 4) is 6.07 Å². The molecule has 5 heteroatoms. The van der Waals surface area contributed by atoms with E-state index in [0.717, 1.165) is 30.4 Å². The monoisotopic (exact) mass is 345 g/mol. The Kier molecular flexibility index (Phi) is 3.77. The molecule has 3 amide bonds. The van der Waals surface area contributed by atoms with Crippen molar-refractivity contribution < 1.29 is 9.59 Å². The Balaban J connectivity index is 1.60. The maximum atomic E-state index is 13.1. The van der Waals surface area contributed by atoms with Gasteiger partial charge in [0, 0.05) is 0 Å². The summed E-state index contributed by atoms with van der Waals surface area (Å²) in [6.45, 7) is 1.96. The highest BCUT2D eigenvalue weighted by Gasteiger charge is 2.49. The van der Waals surface area contributed by atoms with Gasteiger partial charge in [0.1, 0.15) is 5.54 Å². The number of urea groups is 1. The lowest BCUT2D eigenvalue weighted by atomic mass is 9.89. The Hall–Kier alpha value is -3.13. The number of fused-ring (bicyclic) bond motifs is 1. The molecule has 5 nitrogen and oxygen atoms in total. The number of carbonyl (C=O) groups excluding carboxylic acids is 2. The number of hydrogen-bond donors (Lipinski definition) is 1. The molecule has 0 radical (unpaired) electrons. The van der Waals surface area contributed by atoms with E-state index in [-0.39, 0.29) is 18.5 Å². The van der Waals surface area contributed by atoms with Gasteiger partial charge in [-0.3, -0.25) is 9.69 Å². The Morgan fingerprint density at radius 2 is 1.85 bits per heavy atom. The van der Waals surface area contributed by atoms with Crippen LogP contribution in [0.5, 0.6) is 0 Å². The predicted molar refractivity (Wildman–Crippen MR) is 96.1 cm³/mol. The number of aryl methyl sites for hydroxylation is 2. The molecule has 0 bridgehead atoms. The number of nitriles is 1. The number of nitrogens with zero attached hydrogens (tertiary/aromatic N) is 2. The third kappa shape index (κ3) is 2.55. The minimum absolute atomic E-state index is 0.191. The van der Waals surface area contributed by atoms with E-state index in [4.69, 9.17) is 5.26 Å². The quantitative estimate of drug-likeness (QED) is 0.869. The number of benzene rings is 2. The second-order valence-electron chi connectivity index (χ2n) is 7.09. The summed E-state index contributed by atoms with van der Waals surface area (Å²) in [5, 5.41) is 11.7. The number of imide groups is 1. The molecule has 1 heterocycles. The second-order valence-corrected chi connectivity index (χ2v) is 7.09. The fourth-order valence-electron chi connectivity index (χ4n) is 3.79. The van der Waals surface area contributed by atoms with Gasteiger partial charge in [-0.1, -0.05) is 30.3 Å². The molecule has 1 fully saturated rings. The van der Waals surface area contributed by atoms with Gasteiger partial charge in [-0.15, -0.1) is 0 Å². The van der Waals surface area contributed by atoms with Crippen LogP contribution < -0.4 is 5.32 Å². The fraction of sp³-hybridized carbons (Fsp3) is 0.286. The summed E-state index contributed by atoms with van der Waals surface area (Å²) in [5.41, 5.74) is 3.76. The van der Waals surface area contributed by atoms with Gasteiger partial charge in [0.25, 0.3) is 5.91 Å². The lowest BCUT2D eigenvalue weighted by molar-refractivity contribution is -0.131. The minimum atomic E-state index is -1.04. The maximum Gasteiger partial charge on any atom is 0.325 e. The van der Waals surface area contributed by atoms with Crippen molar-refractivity contribution in [3.63, 3.8) is 0 Å². The topological polar surface area (TPSA) is 73.2 Å². The molecule has 4 rings (SSSR count). The molecule has 1 aliphatic heterocycles. The summed E-state index contributed by atoms with van der Waals surface area (Å²) >= 11 is 0. The number of rotatable bonds is 3. The van der Waals surface area contributed by atoms with Crippen molar-refractivity contribution >= 4 is 11.9 Å². The lowest BCUT2D eigenvalue weighted by Crippen LogP contribution is -2.40. The number of hydrogen-bond acceptors (Lipinski definition) is 3. The highest BCUT2D eigenvalue weighted by molar-refractivity contribution is 6.07. The van der Waals surface area contributed by atoms with Crippen molar-refractivity contribution in [1.82, 2.24) is 10.2 Å². The van der Waals surface area contributed by atoms with E-state index in [2.05, 4.69) is 23.5 Å². The molecule has 2 aliphatic rings. The Morgan fingerprint density at radius 1 is 1.12 bits per heavy atom. The van der Waals surface area contributed by atoms with Gasteiger partial charge < -0.3 is 5.32 Å². The average Bonchev–Trinajstić information content (AvgIpc) is 3.21. The zero-order valence-corrected chi connectivity index (χ0v) is 14.6. The van der Waals surface area contributed by atoms with Gasteiger partial charge in [-0.2, -0.15) is 5.26 Å². The Bertz CT molecular complexity index is 943. The van der Waals surface area contributed by atoms with Crippen molar-refractivity contribution in [2.24, 2.45) is 0 Å². The molecule has 1 saturated heterocycles. The molecule has 1 unspecified atom stereocenters. The molecule has 1 atom stereocenters.